The number of fused-ring (bicyclic) bond motifs is 1. The summed E-state index contributed by atoms with van der Waals surface area (Å²) in [5.41, 5.74) is 0.559. The van der Waals surface area contributed by atoms with Gasteiger partial charge in [0.05, 0.1) is 29.5 Å². The average molecular weight is 346 g/mol. The number of carbonyl (C=O) groups is 3. The van der Waals surface area contributed by atoms with Crippen LogP contribution in [-0.2, 0) is 11.3 Å². The highest BCUT2D eigenvalue weighted by Gasteiger charge is 2.36. The molecule has 2 amide bonds. The third-order valence-electron chi connectivity index (χ3n) is 3.46. The molecular weight excluding hydrogens is 334 g/mol. The number of rotatable bonds is 5. The van der Waals surface area contributed by atoms with Crippen LogP contribution >= 0.6 is 11.6 Å². The number of halogens is 1. The Labute approximate surface area is 142 Å². The van der Waals surface area contributed by atoms with E-state index in [2.05, 4.69) is 6.58 Å². The second-order valence-corrected chi connectivity index (χ2v) is 5.66. The van der Waals surface area contributed by atoms with E-state index in [1.54, 1.807) is 12.1 Å². The Morgan fingerprint density at radius 3 is 2.62 bits per heavy atom. The van der Waals surface area contributed by atoms with E-state index in [4.69, 9.17) is 20.8 Å². The Morgan fingerprint density at radius 1 is 1.21 bits per heavy atom. The van der Waals surface area contributed by atoms with Crippen molar-refractivity contribution >= 4 is 29.4 Å². The van der Waals surface area contributed by atoms with Gasteiger partial charge in [-0.3, -0.25) is 14.5 Å². The third kappa shape index (κ3) is 2.96. The number of nitrogens with zero attached hydrogens (tertiary/aromatic N) is 1. The number of amides is 2. The topological polar surface area (TPSA) is 76.8 Å². The Hall–Kier alpha value is -2.86. The van der Waals surface area contributed by atoms with Crippen LogP contribution in [0.2, 0.25) is 0 Å². The van der Waals surface area contributed by atoms with Crippen LogP contribution in [0.5, 0.6) is 0 Å². The van der Waals surface area contributed by atoms with Crippen LogP contribution in [-0.4, -0.2) is 29.3 Å². The fourth-order valence-corrected chi connectivity index (χ4v) is 2.40. The number of benzene rings is 1. The first-order valence-electron chi connectivity index (χ1n) is 7.00. The van der Waals surface area contributed by atoms with Crippen LogP contribution in [0.15, 0.2) is 52.6 Å². The van der Waals surface area contributed by atoms with E-state index < -0.39 is 17.8 Å². The smallest absolute Gasteiger partial charge is 0.338 e. The number of esters is 1. The summed E-state index contributed by atoms with van der Waals surface area (Å²) in [5, 5.41) is 0.181. The van der Waals surface area contributed by atoms with Crippen LogP contribution in [0.1, 0.15) is 36.8 Å². The van der Waals surface area contributed by atoms with Gasteiger partial charge in [0.1, 0.15) is 12.4 Å². The average Bonchev–Trinajstić information content (AvgIpc) is 3.15. The minimum Gasteiger partial charge on any atom is -0.467 e. The first-order valence-corrected chi connectivity index (χ1v) is 7.38. The third-order valence-corrected chi connectivity index (χ3v) is 3.57. The standard InChI is InChI=1S/C17H12ClNO5/c1-10(18)9-24-17(22)11-4-5-13-14(7-11)16(21)19(15(13)20)8-12-3-2-6-23-12/h2-7H,1,8-9H2. The molecule has 0 aliphatic carbocycles. The highest BCUT2D eigenvalue weighted by atomic mass is 35.5. The maximum atomic E-state index is 12.5. The molecule has 2 heterocycles. The van der Waals surface area contributed by atoms with Gasteiger partial charge in [0.15, 0.2) is 0 Å². The zero-order chi connectivity index (χ0) is 17.3. The van der Waals surface area contributed by atoms with Crippen molar-refractivity contribution in [2.75, 3.05) is 6.61 Å². The predicted octanol–water partition coefficient (Wildman–Crippen LogP) is 2.99. The molecule has 0 fully saturated rings. The fourth-order valence-electron chi connectivity index (χ4n) is 2.35. The zero-order valence-electron chi connectivity index (χ0n) is 12.5. The number of hydrogen-bond acceptors (Lipinski definition) is 5. The van der Waals surface area contributed by atoms with E-state index in [1.165, 1.54) is 24.5 Å². The van der Waals surface area contributed by atoms with Gasteiger partial charge < -0.3 is 9.15 Å². The molecule has 1 aliphatic heterocycles. The SMILES string of the molecule is C=C(Cl)COC(=O)c1ccc2c(c1)C(=O)N(Cc1ccco1)C2=O. The molecule has 24 heavy (non-hydrogen) atoms. The minimum absolute atomic E-state index is 0.0329. The molecule has 0 unspecified atom stereocenters. The molecule has 0 N–H and O–H groups in total. The molecule has 0 saturated heterocycles. The monoisotopic (exact) mass is 345 g/mol. The van der Waals surface area contributed by atoms with Crippen molar-refractivity contribution in [3.63, 3.8) is 0 Å². The van der Waals surface area contributed by atoms with E-state index in [9.17, 15) is 14.4 Å². The highest BCUT2D eigenvalue weighted by molar-refractivity contribution is 6.29. The molecule has 6 nitrogen and oxygen atoms in total. The molecule has 0 bridgehead atoms. The van der Waals surface area contributed by atoms with Gasteiger partial charge >= 0.3 is 5.97 Å². The summed E-state index contributed by atoms with van der Waals surface area (Å²) in [6.07, 6.45) is 1.46. The summed E-state index contributed by atoms with van der Waals surface area (Å²) in [7, 11) is 0. The first kappa shape index (κ1) is 16.0. The van der Waals surface area contributed by atoms with Crippen molar-refractivity contribution in [3.8, 4) is 0 Å². The lowest BCUT2D eigenvalue weighted by Crippen LogP contribution is -2.28. The van der Waals surface area contributed by atoms with Gasteiger partial charge in [0.25, 0.3) is 11.8 Å². The van der Waals surface area contributed by atoms with Gasteiger partial charge in [0, 0.05) is 5.03 Å². The molecule has 2 aromatic rings. The predicted molar refractivity (Wildman–Crippen MR) is 84.6 cm³/mol. The second kappa shape index (κ2) is 6.33. The van der Waals surface area contributed by atoms with Crippen LogP contribution in [0, 0.1) is 0 Å². The van der Waals surface area contributed by atoms with Gasteiger partial charge in [-0.15, -0.1) is 0 Å². The molecule has 122 valence electrons. The van der Waals surface area contributed by atoms with Gasteiger partial charge in [-0.25, -0.2) is 4.79 Å². The van der Waals surface area contributed by atoms with Crippen molar-refractivity contribution in [3.05, 3.63) is 70.7 Å². The van der Waals surface area contributed by atoms with E-state index in [0.29, 0.717) is 5.76 Å². The van der Waals surface area contributed by atoms with Gasteiger partial charge in [-0.2, -0.15) is 0 Å². The van der Waals surface area contributed by atoms with Crippen molar-refractivity contribution in [1.82, 2.24) is 4.90 Å². The van der Waals surface area contributed by atoms with Crippen LogP contribution < -0.4 is 0 Å². The summed E-state index contributed by atoms with van der Waals surface area (Å²) in [6, 6.07) is 7.55. The number of hydrogen-bond donors (Lipinski definition) is 0. The number of carbonyl (C=O) groups excluding carboxylic acids is 3. The molecule has 1 aliphatic rings. The Balaban J connectivity index is 1.83. The number of ether oxygens (including phenoxy) is 1. The molecule has 0 radical (unpaired) electrons. The zero-order valence-corrected chi connectivity index (χ0v) is 13.2. The lowest BCUT2D eigenvalue weighted by molar-refractivity contribution is 0.0545. The maximum Gasteiger partial charge on any atom is 0.338 e. The molecule has 0 saturated carbocycles. The van der Waals surface area contributed by atoms with Crippen molar-refractivity contribution < 1.29 is 23.5 Å². The molecule has 0 atom stereocenters. The number of furan rings is 1. The fraction of sp³-hybridized carbons (Fsp3) is 0.118. The summed E-state index contributed by atoms with van der Waals surface area (Å²) >= 11 is 5.55. The molecular formula is C17H12ClNO5. The molecule has 0 spiro atoms. The lowest BCUT2D eigenvalue weighted by Gasteiger charge is -2.11. The molecule has 7 heteroatoms. The lowest BCUT2D eigenvalue weighted by atomic mass is 10.1. The van der Waals surface area contributed by atoms with Crippen molar-refractivity contribution in [2.45, 2.75) is 6.54 Å². The van der Waals surface area contributed by atoms with Crippen molar-refractivity contribution in [2.24, 2.45) is 0 Å². The quantitative estimate of drug-likeness (QED) is 0.615. The summed E-state index contributed by atoms with van der Waals surface area (Å²) in [4.78, 5) is 37.8. The minimum atomic E-state index is -0.649. The van der Waals surface area contributed by atoms with Gasteiger partial charge in [-0.05, 0) is 30.3 Å². The first-order chi connectivity index (χ1) is 11.5. The molecule has 1 aromatic heterocycles. The van der Waals surface area contributed by atoms with Crippen LogP contribution in [0.25, 0.3) is 0 Å². The molecule has 3 rings (SSSR count). The van der Waals surface area contributed by atoms with Crippen LogP contribution in [0.3, 0.4) is 0 Å². The second-order valence-electron chi connectivity index (χ2n) is 5.13. The summed E-state index contributed by atoms with van der Waals surface area (Å²) in [6.45, 7) is 3.32. The van der Waals surface area contributed by atoms with Crippen LogP contribution in [0.4, 0.5) is 0 Å². The van der Waals surface area contributed by atoms with Gasteiger partial charge in [0.2, 0.25) is 0 Å². The normalized spacial score (nSPS) is 13.1. The van der Waals surface area contributed by atoms with E-state index >= 15 is 0 Å². The number of imide groups is 1. The van der Waals surface area contributed by atoms with E-state index in [-0.39, 0.29) is 34.9 Å². The van der Waals surface area contributed by atoms with Crippen molar-refractivity contribution in [1.29, 1.82) is 0 Å². The Kier molecular flexibility index (Phi) is 4.22. The largest absolute Gasteiger partial charge is 0.467 e. The van der Waals surface area contributed by atoms with E-state index in [0.717, 1.165) is 4.90 Å². The summed E-state index contributed by atoms with van der Waals surface area (Å²) < 4.78 is 10.1. The van der Waals surface area contributed by atoms with E-state index in [1.807, 2.05) is 0 Å². The maximum absolute atomic E-state index is 12.5. The summed E-state index contributed by atoms with van der Waals surface area (Å²) in [5.74, 6) is -1.07. The highest BCUT2D eigenvalue weighted by Crippen LogP contribution is 2.26. The Bertz CT molecular complexity index is 841. The molecule has 1 aromatic carbocycles. The van der Waals surface area contributed by atoms with Gasteiger partial charge in [-0.1, -0.05) is 18.2 Å². The Morgan fingerprint density at radius 2 is 1.96 bits per heavy atom.